The van der Waals surface area contributed by atoms with E-state index in [1.54, 1.807) is 31.4 Å². The van der Waals surface area contributed by atoms with Crippen molar-refractivity contribution in [2.45, 2.75) is 39.5 Å². The van der Waals surface area contributed by atoms with Gasteiger partial charge in [0.2, 0.25) is 11.8 Å². The van der Waals surface area contributed by atoms with Crippen LogP contribution < -0.4 is 15.0 Å². The zero-order valence-electron chi connectivity index (χ0n) is 22.3. The number of hydrogen-bond donors (Lipinski definition) is 1. The van der Waals surface area contributed by atoms with E-state index in [4.69, 9.17) is 14.7 Å². The molecule has 1 atom stereocenters. The predicted octanol–water partition coefficient (Wildman–Crippen LogP) is 4.41. The fraction of sp³-hybridized carbons (Fsp3) is 0.500. The molecule has 38 heavy (non-hydrogen) atoms. The number of benzene rings is 1. The molecule has 3 heterocycles. The Labute approximate surface area is 232 Å². The molecule has 2 aliphatic rings. The Morgan fingerprint density at radius 1 is 1.13 bits per heavy atom. The third-order valence-corrected chi connectivity index (χ3v) is 9.33. The number of thioether (sulfide) groups is 1. The fourth-order valence-corrected chi connectivity index (χ4v) is 7.23. The van der Waals surface area contributed by atoms with E-state index in [1.807, 2.05) is 16.2 Å². The summed E-state index contributed by atoms with van der Waals surface area (Å²) in [6.07, 6.45) is 4.25. The minimum absolute atomic E-state index is 0.0795. The SMILES string of the molecule is CCc1nc(N2CCN(C(=O)CSCC(=O)Nc3ccc(OC)cc3)CC2)c2c3c(sc2n1)CC(C)CC3. The summed E-state index contributed by atoms with van der Waals surface area (Å²) in [5, 5.41) is 4.10. The lowest BCUT2D eigenvalue weighted by atomic mass is 9.89. The molecule has 0 spiro atoms. The molecule has 8 nitrogen and oxygen atoms in total. The van der Waals surface area contributed by atoms with Gasteiger partial charge < -0.3 is 19.9 Å². The van der Waals surface area contributed by atoms with Crippen LogP contribution in [0.25, 0.3) is 10.2 Å². The van der Waals surface area contributed by atoms with Crippen molar-refractivity contribution in [3.63, 3.8) is 0 Å². The van der Waals surface area contributed by atoms with Gasteiger partial charge in [0.05, 0.1) is 24.0 Å². The molecule has 1 fully saturated rings. The Morgan fingerprint density at radius 3 is 2.61 bits per heavy atom. The second kappa shape index (κ2) is 11.9. The Hall–Kier alpha value is -2.85. The third-order valence-electron chi connectivity index (χ3n) is 7.26. The second-order valence-electron chi connectivity index (χ2n) is 9.99. The number of ether oxygens (including phenoxy) is 1. The van der Waals surface area contributed by atoms with Crippen LogP contribution in [0.3, 0.4) is 0 Å². The number of nitrogens with zero attached hydrogens (tertiary/aromatic N) is 4. The van der Waals surface area contributed by atoms with E-state index in [-0.39, 0.29) is 17.6 Å². The highest BCUT2D eigenvalue weighted by Crippen LogP contribution is 2.41. The summed E-state index contributed by atoms with van der Waals surface area (Å²) >= 11 is 3.20. The smallest absolute Gasteiger partial charge is 0.234 e. The predicted molar refractivity (Wildman–Crippen MR) is 156 cm³/mol. The number of aromatic nitrogens is 2. The molecule has 1 aromatic carbocycles. The number of piperazine rings is 1. The molecule has 1 N–H and O–H groups in total. The lowest BCUT2D eigenvalue weighted by Gasteiger charge is -2.36. The number of aryl methyl sites for hydroxylation is 2. The number of hydrogen-bond acceptors (Lipinski definition) is 8. The van der Waals surface area contributed by atoms with Crippen molar-refractivity contribution in [3.8, 4) is 5.75 Å². The molecule has 1 aliphatic carbocycles. The van der Waals surface area contributed by atoms with Crippen molar-refractivity contribution >= 4 is 56.6 Å². The zero-order chi connectivity index (χ0) is 26.6. The standard InChI is InChI=1S/C28H35N5O3S2/c1-4-23-30-27(26-21-10-5-18(2)15-22(21)38-28(26)31-23)33-13-11-32(12-14-33)25(35)17-37-16-24(34)29-19-6-8-20(36-3)9-7-19/h6-9,18H,4-5,10-17H2,1-3H3,(H,29,34). The summed E-state index contributed by atoms with van der Waals surface area (Å²) in [6.45, 7) is 7.27. The maximum absolute atomic E-state index is 12.9. The molecular formula is C28H35N5O3S2. The van der Waals surface area contributed by atoms with Gasteiger partial charge in [0.1, 0.15) is 22.2 Å². The van der Waals surface area contributed by atoms with E-state index in [0.717, 1.165) is 60.5 Å². The van der Waals surface area contributed by atoms with Gasteiger partial charge in [-0.05, 0) is 55.0 Å². The number of methoxy groups -OCH3 is 1. The van der Waals surface area contributed by atoms with Crippen LogP contribution >= 0.6 is 23.1 Å². The molecule has 10 heteroatoms. The molecule has 1 unspecified atom stereocenters. The number of fused-ring (bicyclic) bond motifs is 3. The van der Waals surface area contributed by atoms with Crippen LogP contribution in [-0.4, -0.2) is 71.5 Å². The normalized spacial score (nSPS) is 17.4. The Balaban J connectivity index is 1.16. The average Bonchev–Trinajstić information content (AvgIpc) is 3.30. The van der Waals surface area contributed by atoms with E-state index in [2.05, 4.69) is 24.1 Å². The van der Waals surface area contributed by atoms with Gasteiger partial charge in [-0.15, -0.1) is 23.1 Å². The number of thiophene rings is 1. The van der Waals surface area contributed by atoms with E-state index < -0.39 is 0 Å². The monoisotopic (exact) mass is 553 g/mol. The maximum Gasteiger partial charge on any atom is 0.234 e. The van der Waals surface area contributed by atoms with Crippen LogP contribution in [0.2, 0.25) is 0 Å². The maximum atomic E-state index is 12.9. The van der Waals surface area contributed by atoms with Crippen LogP contribution in [0, 0.1) is 5.92 Å². The first kappa shape index (κ1) is 26.7. The average molecular weight is 554 g/mol. The van der Waals surface area contributed by atoms with E-state index in [1.165, 1.54) is 34.0 Å². The molecule has 0 bridgehead atoms. The third kappa shape index (κ3) is 5.91. The highest BCUT2D eigenvalue weighted by atomic mass is 32.2. The molecule has 1 saturated heterocycles. The summed E-state index contributed by atoms with van der Waals surface area (Å²) in [4.78, 5) is 41.9. The van der Waals surface area contributed by atoms with Gasteiger partial charge >= 0.3 is 0 Å². The molecule has 0 saturated carbocycles. The van der Waals surface area contributed by atoms with Crippen LogP contribution in [0.4, 0.5) is 11.5 Å². The fourth-order valence-electron chi connectivity index (χ4n) is 5.11. The number of nitrogens with one attached hydrogen (secondary N) is 1. The summed E-state index contributed by atoms with van der Waals surface area (Å²) in [5.41, 5.74) is 2.16. The quantitative estimate of drug-likeness (QED) is 0.442. The van der Waals surface area contributed by atoms with Crippen molar-refractivity contribution in [2.24, 2.45) is 5.92 Å². The molecule has 5 rings (SSSR count). The Kier molecular flexibility index (Phi) is 8.38. The van der Waals surface area contributed by atoms with Crippen molar-refractivity contribution in [1.29, 1.82) is 0 Å². The zero-order valence-corrected chi connectivity index (χ0v) is 23.9. The lowest BCUT2D eigenvalue weighted by molar-refractivity contribution is -0.128. The number of rotatable bonds is 8. The van der Waals surface area contributed by atoms with E-state index in [0.29, 0.717) is 24.5 Å². The van der Waals surface area contributed by atoms with E-state index >= 15 is 0 Å². The molecule has 3 aromatic rings. The summed E-state index contributed by atoms with van der Waals surface area (Å²) < 4.78 is 5.14. The van der Waals surface area contributed by atoms with Crippen LogP contribution in [0.15, 0.2) is 24.3 Å². The van der Waals surface area contributed by atoms with E-state index in [9.17, 15) is 9.59 Å². The topological polar surface area (TPSA) is 87.7 Å². The van der Waals surface area contributed by atoms with Crippen LogP contribution in [0.5, 0.6) is 5.75 Å². The highest BCUT2D eigenvalue weighted by molar-refractivity contribution is 8.00. The number of carbonyl (C=O) groups is 2. The molecule has 0 radical (unpaired) electrons. The molecule has 202 valence electrons. The van der Waals surface area contributed by atoms with Crippen molar-refractivity contribution in [1.82, 2.24) is 14.9 Å². The van der Waals surface area contributed by atoms with Crippen molar-refractivity contribution in [2.75, 3.05) is 55.0 Å². The van der Waals surface area contributed by atoms with Gasteiger partial charge in [-0.2, -0.15) is 0 Å². The minimum Gasteiger partial charge on any atom is -0.497 e. The molecule has 2 amide bonds. The number of amides is 2. The summed E-state index contributed by atoms with van der Waals surface area (Å²) in [5.74, 6) is 3.89. The van der Waals surface area contributed by atoms with Crippen LogP contribution in [-0.2, 0) is 28.9 Å². The highest BCUT2D eigenvalue weighted by Gasteiger charge is 2.28. The van der Waals surface area contributed by atoms with Crippen LogP contribution in [0.1, 0.15) is 36.5 Å². The minimum atomic E-state index is -0.120. The first-order valence-corrected chi connectivity index (χ1v) is 15.3. The van der Waals surface area contributed by atoms with Gasteiger partial charge in [-0.25, -0.2) is 9.97 Å². The largest absolute Gasteiger partial charge is 0.497 e. The molecule has 2 aromatic heterocycles. The Bertz CT molecular complexity index is 1300. The summed E-state index contributed by atoms with van der Waals surface area (Å²) in [7, 11) is 1.61. The first-order valence-electron chi connectivity index (χ1n) is 13.3. The first-order chi connectivity index (χ1) is 18.4. The van der Waals surface area contributed by atoms with Gasteiger partial charge in [-0.3, -0.25) is 9.59 Å². The second-order valence-corrected chi connectivity index (χ2v) is 12.1. The molecule has 1 aliphatic heterocycles. The lowest BCUT2D eigenvalue weighted by Crippen LogP contribution is -2.49. The summed E-state index contributed by atoms with van der Waals surface area (Å²) in [6, 6.07) is 7.20. The van der Waals surface area contributed by atoms with Gasteiger partial charge in [0, 0.05) is 43.2 Å². The number of anilines is 2. The van der Waals surface area contributed by atoms with Crippen molar-refractivity contribution < 1.29 is 14.3 Å². The van der Waals surface area contributed by atoms with Gasteiger partial charge in [0.25, 0.3) is 0 Å². The Morgan fingerprint density at radius 2 is 1.89 bits per heavy atom. The van der Waals surface area contributed by atoms with Gasteiger partial charge in [0.15, 0.2) is 0 Å². The van der Waals surface area contributed by atoms with Gasteiger partial charge in [-0.1, -0.05) is 13.8 Å². The molecular weight excluding hydrogens is 518 g/mol. The van der Waals surface area contributed by atoms with Crippen molar-refractivity contribution in [3.05, 3.63) is 40.5 Å². The number of carbonyl (C=O) groups excluding carboxylic acids is 2.